The Hall–Kier alpha value is -1.43. The summed E-state index contributed by atoms with van der Waals surface area (Å²) in [5, 5.41) is 3.06. The Balaban J connectivity index is 1.37. The number of likely N-dealkylation sites (tertiary alicyclic amines) is 1. The largest absolute Gasteiger partial charge is 0.355 e. The van der Waals surface area contributed by atoms with Crippen molar-refractivity contribution in [2.24, 2.45) is 5.92 Å². The molecule has 3 rings (SSSR count). The topological polar surface area (TPSA) is 50.8 Å². The van der Waals surface area contributed by atoms with E-state index in [0.717, 1.165) is 32.4 Å². The summed E-state index contributed by atoms with van der Waals surface area (Å²) in [7, 11) is 0. The van der Waals surface area contributed by atoms with Crippen molar-refractivity contribution in [1.82, 2.24) is 10.2 Å². The third kappa shape index (κ3) is 5.53. The summed E-state index contributed by atoms with van der Waals surface area (Å²) in [5.41, 5.74) is 2.62. The van der Waals surface area contributed by atoms with Gasteiger partial charge in [0.2, 0.25) is 5.91 Å². The summed E-state index contributed by atoms with van der Waals surface area (Å²) in [5.74, 6) is 1.05. The van der Waals surface area contributed by atoms with Gasteiger partial charge in [-0.05, 0) is 42.9 Å². The fourth-order valence-corrected chi connectivity index (χ4v) is 3.78. The minimum absolute atomic E-state index is 0.0744. The second-order valence-electron chi connectivity index (χ2n) is 7.74. The molecule has 5 heteroatoms. The molecule has 0 aromatic heterocycles. The summed E-state index contributed by atoms with van der Waals surface area (Å²) in [6.45, 7) is 8.81. The Morgan fingerprint density at radius 2 is 1.96 bits per heavy atom. The molecule has 1 aromatic carbocycles. The third-order valence-corrected chi connectivity index (χ3v) is 5.32. The molecule has 2 fully saturated rings. The van der Waals surface area contributed by atoms with Gasteiger partial charge in [0.15, 0.2) is 6.29 Å². The van der Waals surface area contributed by atoms with E-state index in [1.165, 1.54) is 11.1 Å². The van der Waals surface area contributed by atoms with Crippen molar-refractivity contribution < 1.29 is 14.3 Å². The van der Waals surface area contributed by atoms with Crippen LogP contribution in [0.5, 0.6) is 0 Å². The molecule has 0 radical (unpaired) electrons. The lowest BCUT2D eigenvalue weighted by Gasteiger charge is -2.34. The molecule has 2 aliphatic rings. The predicted molar refractivity (Wildman–Crippen MR) is 102 cm³/mol. The highest BCUT2D eigenvalue weighted by Gasteiger charge is 2.31. The highest BCUT2D eigenvalue weighted by molar-refractivity contribution is 5.78. The fourth-order valence-electron chi connectivity index (χ4n) is 3.78. The third-order valence-electron chi connectivity index (χ3n) is 5.32. The van der Waals surface area contributed by atoms with E-state index in [9.17, 15) is 4.79 Å². The van der Waals surface area contributed by atoms with Crippen molar-refractivity contribution in [1.29, 1.82) is 0 Å². The number of carbonyl (C=O) groups is 1. The van der Waals surface area contributed by atoms with Crippen molar-refractivity contribution in [3.63, 3.8) is 0 Å². The highest BCUT2D eigenvalue weighted by Crippen LogP contribution is 2.24. The Bertz CT molecular complexity index is 567. The average Bonchev–Trinajstić information content (AvgIpc) is 3.17. The Morgan fingerprint density at radius 3 is 2.65 bits per heavy atom. The molecule has 2 heterocycles. The van der Waals surface area contributed by atoms with Crippen LogP contribution in [-0.2, 0) is 20.7 Å². The second kappa shape index (κ2) is 9.49. The van der Waals surface area contributed by atoms with Crippen LogP contribution in [0.3, 0.4) is 0 Å². The van der Waals surface area contributed by atoms with E-state index in [-0.39, 0.29) is 12.2 Å². The lowest BCUT2D eigenvalue weighted by Crippen LogP contribution is -2.45. The van der Waals surface area contributed by atoms with Crippen LogP contribution in [0.2, 0.25) is 0 Å². The molecule has 1 aromatic rings. The molecule has 0 spiro atoms. The van der Waals surface area contributed by atoms with Gasteiger partial charge in [0.25, 0.3) is 0 Å². The zero-order chi connectivity index (χ0) is 18.4. The lowest BCUT2D eigenvalue weighted by atomic mass is 9.97. The number of hydrogen-bond acceptors (Lipinski definition) is 4. The minimum Gasteiger partial charge on any atom is -0.355 e. The first-order valence-electron chi connectivity index (χ1n) is 9.93. The SMILES string of the molecule is CC(C)c1ccc(CCNC(=O)CN2CCCC(C3OCCO3)C2)cc1. The molecule has 2 saturated heterocycles. The monoisotopic (exact) mass is 360 g/mol. The first-order chi connectivity index (χ1) is 12.6. The fraction of sp³-hybridized carbons (Fsp3) is 0.667. The van der Waals surface area contributed by atoms with E-state index in [1.807, 2.05) is 0 Å². The molecule has 0 bridgehead atoms. The summed E-state index contributed by atoms with van der Waals surface area (Å²) in [6, 6.07) is 8.70. The van der Waals surface area contributed by atoms with Crippen molar-refractivity contribution in [2.45, 2.75) is 45.3 Å². The van der Waals surface area contributed by atoms with Crippen LogP contribution in [-0.4, -0.2) is 56.5 Å². The zero-order valence-electron chi connectivity index (χ0n) is 16.1. The van der Waals surface area contributed by atoms with E-state index in [2.05, 4.69) is 48.3 Å². The van der Waals surface area contributed by atoms with Crippen LogP contribution in [0, 0.1) is 5.92 Å². The molecule has 0 aliphatic carbocycles. The van der Waals surface area contributed by atoms with Gasteiger partial charge >= 0.3 is 0 Å². The molecule has 0 saturated carbocycles. The quantitative estimate of drug-likeness (QED) is 0.812. The average molecular weight is 360 g/mol. The van der Waals surface area contributed by atoms with Crippen LogP contribution in [0.4, 0.5) is 0 Å². The number of nitrogens with one attached hydrogen (secondary N) is 1. The maximum atomic E-state index is 12.3. The van der Waals surface area contributed by atoms with E-state index in [1.54, 1.807) is 0 Å². The summed E-state index contributed by atoms with van der Waals surface area (Å²) in [4.78, 5) is 14.5. The van der Waals surface area contributed by atoms with E-state index < -0.39 is 0 Å². The van der Waals surface area contributed by atoms with Gasteiger partial charge in [-0.25, -0.2) is 0 Å². The van der Waals surface area contributed by atoms with Gasteiger partial charge in [0, 0.05) is 19.0 Å². The van der Waals surface area contributed by atoms with Gasteiger partial charge in [0.1, 0.15) is 0 Å². The van der Waals surface area contributed by atoms with Crippen molar-refractivity contribution >= 4 is 5.91 Å². The van der Waals surface area contributed by atoms with Gasteiger partial charge in [-0.2, -0.15) is 0 Å². The first kappa shape index (κ1) is 19.3. The summed E-state index contributed by atoms with van der Waals surface area (Å²) < 4.78 is 11.3. The number of rotatable bonds is 7. The molecule has 2 aliphatic heterocycles. The smallest absolute Gasteiger partial charge is 0.234 e. The summed E-state index contributed by atoms with van der Waals surface area (Å²) in [6.07, 6.45) is 3.02. The Kier molecular flexibility index (Phi) is 7.06. The Labute approximate surface area is 157 Å². The van der Waals surface area contributed by atoms with Crippen molar-refractivity contribution in [2.75, 3.05) is 39.4 Å². The number of hydrogen-bond donors (Lipinski definition) is 1. The number of benzene rings is 1. The molecule has 26 heavy (non-hydrogen) atoms. The molecular formula is C21H32N2O3. The molecule has 144 valence electrons. The predicted octanol–water partition coefficient (Wildman–Crippen LogP) is 2.55. The van der Waals surface area contributed by atoms with Crippen LogP contribution in [0.15, 0.2) is 24.3 Å². The molecule has 1 atom stereocenters. The zero-order valence-corrected chi connectivity index (χ0v) is 16.1. The van der Waals surface area contributed by atoms with Gasteiger partial charge in [-0.15, -0.1) is 0 Å². The van der Waals surface area contributed by atoms with Crippen LogP contribution >= 0.6 is 0 Å². The van der Waals surface area contributed by atoms with Gasteiger partial charge in [-0.3, -0.25) is 9.69 Å². The lowest BCUT2D eigenvalue weighted by molar-refractivity contribution is -0.125. The molecule has 1 N–H and O–H groups in total. The van der Waals surface area contributed by atoms with Crippen molar-refractivity contribution in [3.05, 3.63) is 35.4 Å². The van der Waals surface area contributed by atoms with Crippen LogP contribution in [0.25, 0.3) is 0 Å². The van der Waals surface area contributed by atoms with Gasteiger partial charge in [-0.1, -0.05) is 38.1 Å². The molecule has 1 unspecified atom stereocenters. The number of piperidine rings is 1. The minimum atomic E-state index is -0.0744. The normalized spacial score (nSPS) is 22.0. The Morgan fingerprint density at radius 1 is 1.23 bits per heavy atom. The molecular weight excluding hydrogens is 328 g/mol. The standard InChI is InChI=1S/C21H32N2O3/c1-16(2)18-7-5-17(6-8-18)9-10-22-20(24)15-23-11-3-4-19(14-23)21-25-12-13-26-21/h5-8,16,19,21H,3-4,9-15H2,1-2H3,(H,22,24). The summed E-state index contributed by atoms with van der Waals surface area (Å²) >= 11 is 0. The van der Waals surface area contributed by atoms with Crippen molar-refractivity contribution in [3.8, 4) is 0 Å². The number of carbonyl (C=O) groups excluding carboxylic acids is 1. The second-order valence-corrected chi connectivity index (χ2v) is 7.74. The van der Waals surface area contributed by atoms with Crippen LogP contribution in [0.1, 0.15) is 43.7 Å². The number of ether oxygens (including phenoxy) is 2. The van der Waals surface area contributed by atoms with Gasteiger partial charge in [0.05, 0.1) is 19.8 Å². The number of amides is 1. The van der Waals surface area contributed by atoms with E-state index in [4.69, 9.17) is 9.47 Å². The molecule has 5 nitrogen and oxygen atoms in total. The maximum absolute atomic E-state index is 12.3. The van der Waals surface area contributed by atoms with Gasteiger partial charge < -0.3 is 14.8 Å². The number of nitrogens with zero attached hydrogens (tertiary/aromatic N) is 1. The first-order valence-corrected chi connectivity index (χ1v) is 9.93. The van der Waals surface area contributed by atoms with E-state index in [0.29, 0.717) is 38.1 Å². The molecule has 1 amide bonds. The maximum Gasteiger partial charge on any atom is 0.234 e. The highest BCUT2D eigenvalue weighted by atomic mass is 16.7. The van der Waals surface area contributed by atoms with E-state index >= 15 is 0 Å². The van der Waals surface area contributed by atoms with Crippen LogP contribution < -0.4 is 5.32 Å².